The lowest BCUT2D eigenvalue weighted by Crippen LogP contribution is -2.52. The number of amides is 2. The molecule has 8 heteroatoms. The molecule has 0 aromatic carbocycles. The predicted octanol–water partition coefficient (Wildman–Crippen LogP) is 2.71. The van der Waals surface area contributed by atoms with Crippen molar-refractivity contribution in [3.05, 3.63) is 39.9 Å². The average molecular weight is 404 g/mol. The van der Waals surface area contributed by atoms with Crippen molar-refractivity contribution in [2.75, 3.05) is 45.8 Å². The van der Waals surface area contributed by atoms with Gasteiger partial charge in [0.1, 0.15) is 0 Å². The molecule has 0 saturated carbocycles. The van der Waals surface area contributed by atoms with Crippen molar-refractivity contribution >= 4 is 17.4 Å². The quantitative estimate of drug-likeness (QED) is 0.803. The number of hydrogen-bond acceptors (Lipinski definition) is 6. The van der Waals surface area contributed by atoms with E-state index in [1.54, 1.807) is 11.3 Å². The molecule has 0 spiro atoms. The summed E-state index contributed by atoms with van der Waals surface area (Å²) in [6.45, 7) is 8.81. The van der Waals surface area contributed by atoms with Gasteiger partial charge in [0.25, 0.3) is 0 Å². The molecule has 0 bridgehead atoms. The van der Waals surface area contributed by atoms with Crippen LogP contribution in [-0.4, -0.2) is 71.7 Å². The van der Waals surface area contributed by atoms with Crippen molar-refractivity contribution in [1.82, 2.24) is 25.2 Å². The Morgan fingerprint density at radius 3 is 2.68 bits per heavy atom. The monoisotopic (exact) mass is 403 g/mol. The van der Waals surface area contributed by atoms with Crippen LogP contribution in [0, 0.1) is 6.92 Å². The first kappa shape index (κ1) is 19.4. The summed E-state index contributed by atoms with van der Waals surface area (Å²) in [5, 5.41) is 9.25. The van der Waals surface area contributed by atoms with E-state index in [1.165, 1.54) is 17.7 Å². The normalized spacial score (nSPS) is 19.8. The molecule has 2 amide bonds. The summed E-state index contributed by atoms with van der Waals surface area (Å²) >= 11 is 1.78. The summed E-state index contributed by atoms with van der Waals surface area (Å²) in [7, 11) is 0. The largest absolute Gasteiger partial charge is 0.360 e. The van der Waals surface area contributed by atoms with Crippen LogP contribution in [0.25, 0.3) is 0 Å². The number of nitrogens with one attached hydrogen (secondary N) is 1. The van der Waals surface area contributed by atoms with Crippen molar-refractivity contribution < 1.29 is 9.32 Å². The first-order valence-electron chi connectivity index (χ1n) is 10.1. The molecule has 2 saturated heterocycles. The molecular weight excluding hydrogens is 374 g/mol. The maximum absolute atomic E-state index is 12.7. The number of carbonyl (C=O) groups excluding carboxylic acids is 1. The third-order valence-corrected chi connectivity index (χ3v) is 6.59. The Balaban J connectivity index is 1.25. The van der Waals surface area contributed by atoms with Gasteiger partial charge in [-0.25, -0.2) is 4.79 Å². The van der Waals surface area contributed by atoms with Crippen molar-refractivity contribution in [3.63, 3.8) is 0 Å². The Labute approximate surface area is 170 Å². The fourth-order valence-corrected chi connectivity index (χ4v) is 4.92. The van der Waals surface area contributed by atoms with Crippen LogP contribution in [-0.2, 0) is 6.54 Å². The van der Waals surface area contributed by atoms with Gasteiger partial charge in [0.05, 0.1) is 18.3 Å². The molecule has 0 radical (unpaired) electrons. The van der Waals surface area contributed by atoms with Gasteiger partial charge in [0.2, 0.25) is 0 Å². The number of likely N-dealkylation sites (tertiary alicyclic amines) is 1. The van der Waals surface area contributed by atoms with E-state index in [2.05, 4.69) is 37.8 Å². The molecule has 2 aliphatic rings. The molecule has 7 nitrogen and oxygen atoms in total. The van der Waals surface area contributed by atoms with Crippen molar-refractivity contribution in [3.8, 4) is 0 Å². The fraction of sp³-hybridized carbons (Fsp3) is 0.600. The van der Waals surface area contributed by atoms with Gasteiger partial charge in [0, 0.05) is 43.7 Å². The predicted molar refractivity (Wildman–Crippen MR) is 109 cm³/mol. The minimum absolute atomic E-state index is 0.0518. The summed E-state index contributed by atoms with van der Waals surface area (Å²) in [5.41, 5.74) is 0.909. The second-order valence-corrected chi connectivity index (χ2v) is 8.64. The molecule has 4 rings (SSSR count). The van der Waals surface area contributed by atoms with E-state index in [1.807, 2.05) is 17.9 Å². The summed E-state index contributed by atoms with van der Waals surface area (Å²) < 4.78 is 5.30. The Bertz CT molecular complexity index is 748. The zero-order valence-electron chi connectivity index (χ0n) is 16.5. The number of nitrogens with zero attached hydrogens (tertiary/aromatic N) is 4. The number of aromatic nitrogens is 1. The van der Waals surface area contributed by atoms with Crippen LogP contribution in [0.3, 0.4) is 0 Å². The lowest BCUT2D eigenvalue weighted by atomic mass is 10.2. The Morgan fingerprint density at radius 1 is 1.25 bits per heavy atom. The number of carbonyl (C=O) groups is 1. The molecule has 2 fully saturated rings. The van der Waals surface area contributed by atoms with E-state index in [9.17, 15) is 4.79 Å². The molecule has 28 heavy (non-hydrogen) atoms. The number of hydrogen-bond donors (Lipinski definition) is 1. The van der Waals surface area contributed by atoms with E-state index < -0.39 is 0 Å². The minimum Gasteiger partial charge on any atom is -0.360 e. The van der Waals surface area contributed by atoms with Crippen LogP contribution in [0.1, 0.15) is 35.2 Å². The molecule has 1 atom stereocenters. The highest BCUT2D eigenvalue weighted by atomic mass is 32.1. The molecule has 0 aliphatic carbocycles. The van der Waals surface area contributed by atoms with E-state index in [0.717, 1.165) is 57.3 Å². The van der Waals surface area contributed by atoms with Crippen molar-refractivity contribution in [2.24, 2.45) is 0 Å². The zero-order chi connectivity index (χ0) is 19.3. The third-order valence-electron chi connectivity index (χ3n) is 5.62. The standard InChI is InChI=1S/C20H29N5O2S/c1-16-13-17(27-22-16)15-23-8-10-25(11-9-23)20(26)21-14-18(19-5-4-12-28-19)24-6-2-3-7-24/h4-5,12-13,18H,2-3,6-11,14-15H2,1H3,(H,21,26). The van der Waals surface area contributed by atoms with Crippen molar-refractivity contribution in [2.45, 2.75) is 32.4 Å². The van der Waals surface area contributed by atoms with Gasteiger partial charge in [0.15, 0.2) is 5.76 Å². The number of urea groups is 1. The summed E-state index contributed by atoms with van der Waals surface area (Å²) in [6.07, 6.45) is 2.50. The van der Waals surface area contributed by atoms with Crippen molar-refractivity contribution in [1.29, 1.82) is 0 Å². The maximum Gasteiger partial charge on any atom is 0.317 e. The van der Waals surface area contributed by atoms with Gasteiger partial charge in [-0.1, -0.05) is 11.2 Å². The van der Waals surface area contributed by atoms with E-state index in [-0.39, 0.29) is 6.03 Å². The van der Waals surface area contributed by atoms with Gasteiger partial charge in [-0.2, -0.15) is 0 Å². The topological polar surface area (TPSA) is 64.8 Å². The highest BCUT2D eigenvalue weighted by molar-refractivity contribution is 7.10. The van der Waals surface area contributed by atoms with Gasteiger partial charge in [-0.15, -0.1) is 11.3 Å². The Morgan fingerprint density at radius 2 is 2.04 bits per heavy atom. The molecular formula is C20H29N5O2S. The molecule has 1 N–H and O–H groups in total. The summed E-state index contributed by atoms with van der Waals surface area (Å²) in [6, 6.07) is 6.60. The van der Waals surface area contributed by atoms with Gasteiger partial charge in [-0.3, -0.25) is 9.80 Å². The highest BCUT2D eigenvalue weighted by Gasteiger charge is 2.27. The second kappa shape index (κ2) is 9.07. The molecule has 2 aromatic rings. The van der Waals surface area contributed by atoms with Crippen LogP contribution < -0.4 is 5.32 Å². The smallest absolute Gasteiger partial charge is 0.317 e. The fourth-order valence-electron chi connectivity index (χ4n) is 4.06. The number of rotatable bonds is 6. The molecule has 1 unspecified atom stereocenters. The third kappa shape index (κ3) is 4.74. The lowest BCUT2D eigenvalue weighted by molar-refractivity contribution is 0.126. The zero-order valence-corrected chi connectivity index (χ0v) is 17.3. The lowest BCUT2D eigenvalue weighted by Gasteiger charge is -2.35. The summed E-state index contributed by atoms with van der Waals surface area (Å²) in [4.78, 5) is 20.8. The Kier molecular flexibility index (Phi) is 6.29. The van der Waals surface area contributed by atoms with Gasteiger partial charge < -0.3 is 14.7 Å². The van der Waals surface area contributed by atoms with Gasteiger partial charge >= 0.3 is 6.03 Å². The maximum atomic E-state index is 12.7. The minimum atomic E-state index is 0.0518. The van der Waals surface area contributed by atoms with Crippen LogP contribution in [0.2, 0.25) is 0 Å². The van der Waals surface area contributed by atoms with E-state index in [0.29, 0.717) is 12.6 Å². The van der Waals surface area contributed by atoms with E-state index in [4.69, 9.17) is 4.52 Å². The van der Waals surface area contributed by atoms with Gasteiger partial charge in [-0.05, 0) is 44.3 Å². The molecule has 2 aromatic heterocycles. The first-order chi connectivity index (χ1) is 13.7. The summed E-state index contributed by atoms with van der Waals surface area (Å²) in [5.74, 6) is 0.889. The SMILES string of the molecule is Cc1cc(CN2CCN(C(=O)NCC(c3cccs3)N3CCCC3)CC2)on1. The van der Waals surface area contributed by atoms with Crippen LogP contribution in [0.15, 0.2) is 28.1 Å². The Hall–Kier alpha value is -1.90. The number of piperazine rings is 1. The molecule has 2 aliphatic heterocycles. The van der Waals surface area contributed by atoms with Crippen LogP contribution in [0.5, 0.6) is 0 Å². The van der Waals surface area contributed by atoms with Crippen LogP contribution in [0.4, 0.5) is 4.79 Å². The van der Waals surface area contributed by atoms with Crippen LogP contribution >= 0.6 is 11.3 Å². The molecule has 152 valence electrons. The number of thiophene rings is 1. The molecule has 4 heterocycles. The van der Waals surface area contributed by atoms with E-state index >= 15 is 0 Å². The highest BCUT2D eigenvalue weighted by Crippen LogP contribution is 2.27. The second-order valence-electron chi connectivity index (χ2n) is 7.66. The number of aryl methyl sites for hydroxylation is 1. The first-order valence-corrected chi connectivity index (χ1v) is 11.0. The average Bonchev–Trinajstić information content (AvgIpc) is 3.46.